The van der Waals surface area contributed by atoms with Gasteiger partial charge in [-0.25, -0.2) is 13.8 Å². The van der Waals surface area contributed by atoms with E-state index >= 15 is 0 Å². The van der Waals surface area contributed by atoms with Crippen LogP contribution in [-0.2, 0) is 0 Å². The van der Waals surface area contributed by atoms with Crippen LogP contribution >= 0.6 is 11.6 Å². The van der Waals surface area contributed by atoms with Crippen LogP contribution in [0.25, 0.3) is 0 Å². The molecule has 0 amide bonds. The van der Waals surface area contributed by atoms with Gasteiger partial charge in [-0.15, -0.1) is 0 Å². The minimum Gasteiger partial charge on any atom is -0.494 e. The Morgan fingerprint density at radius 1 is 1.64 bits per heavy atom. The lowest BCUT2D eigenvalue weighted by atomic mass is 10.2. The second-order valence-corrected chi connectivity index (χ2v) is 2.76. The van der Waals surface area contributed by atoms with Crippen molar-refractivity contribution < 1.29 is 18.3 Å². The molecule has 3 nitrogen and oxygen atoms in total. The molecule has 1 rings (SSSR count). The zero-order valence-corrected chi connectivity index (χ0v) is 7.89. The molecule has 0 bridgehead atoms. The fraction of sp³-hybridized carbons (Fsp3) is 0.250. The highest BCUT2D eigenvalue weighted by molar-refractivity contribution is 6.29. The van der Waals surface area contributed by atoms with Crippen molar-refractivity contribution in [3.05, 3.63) is 22.5 Å². The zero-order chi connectivity index (χ0) is 10.7. The van der Waals surface area contributed by atoms with E-state index in [0.717, 1.165) is 6.07 Å². The highest BCUT2D eigenvalue weighted by Gasteiger charge is 2.19. The summed E-state index contributed by atoms with van der Waals surface area (Å²) in [6, 6.07) is 0.970. The summed E-state index contributed by atoms with van der Waals surface area (Å²) in [5.41, 5.74) is -0.662. The SMILES string of the molecule is COc1c(C(F)F)cc(Cl)nc1C=O. The van der Waals surface area contributed by atoms with E-state index in [1.165, 1.54) is 7.11 Å². The molecule has 0 aliphatic heterocycles. The van der Waals surface area contributed by atoms with Gasteiger partial charge in [-0.2, -0.15) is 0 Å². The lowest BCUT2D eigenvalue weighted by Gasteiger charge is -2.09. The van der Waals surface area contributed by atoms with Crippen molar-refractivity contribution in [2.24, 2.45) is 0 Å². The van der Waals surface area contributed by atoms with Crippen LogP contribution in [0.4, 0.5) is 8.78 Å². The summed E-state index contributed by atoms with van der Waals surface area (Å²) in [7, 11) is 1.18. The molecule has 0 spiro atoms. The number of carbonyl (C=O) groups excluding carboxylic acids is 1. The maximum Gasteiger partial charge on any atom is 0.267 e. The lowest BCUT2D eigenvalue weighted by Crippen LogP contribution is -2.00. The Kier molecular flexibility index (Phi) is 3.35. The minimum atomic E-state index is -2.76. The number of alkyl halides is 2. The third kappa shape index (κ3) is 1.98. The molecule has 1 heterocycles. The summed E-state index contributed by atoms with van der Waals surface area (Å²) in [4.78, 5) is 14.0. The predicted molar refractivity (Wildman–Crippen MR) is 46.1 cm³/mol. The zero-order valence-electron chi connectivity index (χ0n) is 7.13. The number of hydrogen-bond acceptors (Lipinski definition) is 3. The molecule has 0 atom stereocenters. The van der Waals surface area contributed by atoms with Crippen LogP contribution in [0.5, 0.6) is 5.75 Å². The molecule has 0 unspecified atom stereocenters. The van der Waals surface area contributed by atoms with Gasteiger partial charge in [0.15, 0.2) is 12.0 Å². The minimum absolute atomic E-state index is 0.164. The third-order valence-corrected chi connectivity index (χ3v) is 1.74. The van der Waals surface area contributed by atoms with Crippen LogP contribution in [0.2, 0.25) is 5.15 Å². The molecule has 14 heavy (non-hydrogen) atoms. The fourth-order valence-electron chi connectivity index (χ4n) is 1.00. The molecule has 1 aromatic rings. The molecule has 0 radical (unpaired) electrons. The van der Waals surface area contributed by atoms with Gasteiger partial charge in [0.1, 0.15) is 10.8 Å². The van der Waals surface area contributed by atoms with E-state index in [1.807, 2.05) is 0 Å². The Labute approximate surface area is 83.7 Å². The number of nitrogens with zero attached hydrogens (tertiary/aromatic N) is 1. The van der Waals surface area contributed by atoms with E-state index in [2.05, 4.69) is 9.72 Å². The molecule has 0 saturated carbocycles. The number of pyridine rings is 1. The first-order valence-corrected chi connectivity index (χ1v) is 3.95. The smallest absolute Gasteiger partial charge is 0.267 e. The molecule has 0 fully saturated rings. The maximum absolute atomic E-state index is 12.4. The summed E-state index contributed by atoms with van der Waals surface area (Å²) >= 11 is 5.44. The molecule has 6 heteroatoms. The predicted octanol–water partition coefficient (Wildman–Crippen LogP) is 2.49. The first kappa shape index (κ1) is 10.8. The van der Waals surface area contributed by atoms with Gasteiger partial charge in [0.05, 0.1) is 12.7 Å². The van der Waals surface area contributed by atoms with E-state index in [0.29, 0.717) is 6.29 Å². The van der Waals surface area contributed by atoms with Crippen LogP contribution < -0.4 is 4.74 Å². The van der Waals surface area contributed by atoms with Gasteiger partial charge in [-0.05, 0) is 6.07 Å². The van der Waals surface area contributed by atoms with Crippen molar-refractivity contribution in [3.8, 4) is 5.75 Å². The number of ether oxygens (including phenoxy) is 1. The van der Waals surface area contributed by atoms with Crippen LogP contribution in [-0.4, -0.2) is 18.4 Å². The molecule has 0 aromatic carbocycles. The lowest BCUT2D eigenvalue weighted by molar-refractivity contribution is 0.111. The van der Waals surface area contributed by atoms with Crippen molar-refractivity contribution >= 4 is 17.9 Å². The van der Waals surface area contributed by atoms with E-state index in [4.69, 9.17) is 11.6 Å². The van der Waals surface area contributed by atoms with Gasteiger partial charge >= 0.3 is 0 Å². The number of halogens is 3. The third-order valence-electron chi connectivity index (χ3n) is 1.55. The Balaban J connectivity index is 3.39. The highest BCUT2D eigenvalue weighted by atomic mass is 35.5. The molecule has 1 aromatic heterocycles. The van der Waals surface area contributed by atoms with Gasteiger partial charge in [0.2, 0.25) is 0 Å². The summed E-state index contributed by atoms with van der Waals surface area (Å²) in [6.45, 7) is 0. The summed E-state index contributed by atoms with van der Waals surface area (Å²) in [5, 5.41) is -0.164. The standard InChI is InChI=1S/C8H6ClF2NO2/c1-14-7-4(8(10)11)2-6(9)12-5(7)3-13/h2-3,8H,1H3. The first-order chi connectivity index (χ1) is 6.60. The molecule has 76 valence electrons. The summed E-state index contributed by atoms with van der Waals surface area (Å²) in [5.74, 6) is -0.237. The summed E-state index contributed by atoms with van der Waals surface area (Å²) in [6.07, 6.45) is -2.44. The highest BCUT2D eigenvalue weighted by Crippen LogP contribution is 2.32. The Morgan fingerprint density at radius 3 is 2.71 bits per heavy atom. The van der Waals surface area contributed by atoms with Gasteiger partial charge < -0.3 is 4.74 Å². The van der Waals surface area contributed by atoms with E-state index < -0.39 is 12.0 Å². The van der Waals surface area contributed by atoms with Crippen LogP contribution in [0.15, 0.2) is 6.07 Å². The molecule has 0 aliphatic rings. The maximum atomic E-state index is 12.4. The summed E-state index contributed by atoms with van der Waals surface area (Å²) < 4.78 is 29.5. The Hall–Kier alpha value is -1.23. The van der Waals surface area contributed by atoms with Crippen molar-refractivity contribution in [2.75, 3.05) is 7.11 Å². The van der Waals surface area contributed by atoms with E-state index in [-0.39, 0.29) is 16.6 Å². The average molecular weight is 222 g/mol. The normalized spacial score (nSPS) is 10.4. The van der Waals surface area contributed by atoms with E-state index in [9.17, 15) is 13.6 Å². The number of carbonyl (C=O) groups is 1. The van der Waals surface area contributed by atoms with Crippen LogP contribution in [0, 0.1) is 0 Å². The second-order valence-electron chi connectivity index (χ2n) is 2.37. The largest absolute Gasteiger partial charge is 0.494 e. The van der Waals surface area contributed by atoms with Gasteiger partial charge in [-0.3, -0.25) is 4.79 Å². The van der Waals surface area contributed by atoms with Crippen molar-refractivity contribution in [1.82, 2.24) is 4.98 Å². The molecule has 0 aliphatic carbocycles. The first-order valence-electron chi connectivity index (χ1n) is 3.58. The molecular formula is C8H6ClF2NO2. The molecule has 0 N–H and O–H groups in total. The molecular weight excluding hydrogens is 216 g/mol. The monoisotopic (exact) mass is 221 g/mol. The second kappa shape index (κ2) is 4.32. The number of methoxy groups -OCH3 is 1. The van der Waals surface area contributed by atoms with Crippen LogP contribution in [0.3, 0.4) is 0 Å². The van der Waals surface area contributed by atoms with Crippen LogP contribution in [0.1, 0.15) is 22.5 Å². The molecule has 0 saturated heterocycles. The van der Waals surface area contributed by atoms with Gasteiger partial charge in [-0.1, -0.05) is 11.6 Å². The van der Waals surface area contributed by atoms with Crippen molar-refractivity contribution in [2.45, 2.75) is 6.43 Å². The average Bonchev–Trinajstić information content (AvgIpc) is 2.16. The number of aldehydes is 1. The fourth-order valence-corrected chi connectivity index (χ4v) is 1.21. The van der Waals surface area contributed by atoms with Crippen molar-refractivity contribution in [3.63, 3.8) is 0 Å². The van der Waals surface area contributed by atoms with Gasteiger partial charge in [0, 0.05) is 0 Å². The Bertz CT molecular complexity index is 357. The number of rotatable bonds is 3. The van der Waals surface area contributed by atoms with Crippen molar-refractivity contribution in [1.29, 1.82) is 0 Å². The Morgan fingerprint density at radius 2 is 2.29 bits per heavy atom. The quantitative estimate of drug-likeness (QED) is 0.582. The topological polar surface area (TPSA) is 39.2 Å². The van der Waals surface area contributed by atoms with E-state index in [1.54, 1.807) is 0 Å². The number of hydrogen-bond donors (Lipinski definition) is 0. The number of aromatic nitrogens is 1. The van der Waals surface area contributed by atoms with Gasteiger partial charge in [0.25, 0.3) is 6.43 Å².